The molecule has 2 aliphatic rings. The molecular formula is C28H34N4O2. The summed E-state index contributed by atoms with van der Waals surface area (Å²) in [5, 5.41) is 4.15. The van der Waals surface area contributed by atoms with Crippen molar-refractivity contribution >= 4 is 22.5 Å². The minimum absolute atomic E-state index is 0.0918. The lowest BCUT2D eigenvalue weighted by molar-refractivity contribution is -0.116. The van der Waals surface area contributed by atoms with Crippen LogP contribution in [0.5, 0.6) is 5.75 Å². The minimum atomic E-state index is 0.0918. The van der Waals surface area contributed by atoms with E-state index in [9.17, 15) is 4.79 Å². The van der Waals surface area contributed by atoms with Crippen molar-refractivity contribution < 1.29 is 9.53 Å². The van der Waals surface area contributed by atoms with E-state index in [2.05, 4.69) is 57.6 Å². The van der Waals surface area contributed by atoms with E-state index in [0.29, 0.717) is 13.0 Å². The lowest BCUT2D eigenvalue weighted by atomic mass is 10.0. The van der Waals surface area contributed by atoms with Gasteiger partial charge in [-0.05, 0) is 69.1 Å². The van der Waals surface area contributed by atoms with E-state index >= 15 is 0 Å². The van der Waals surface area contributed by atoms with Gasteiger partial charge in [-0.3, -0.25) is 14.7 Å². The van der Waals surface area contributed by atoms with Gasteiger partial charge in [0.1, 0.15) is 5.75 Å². The van der Waals surface area contributed by atoms with Crippen LogP contribution in [0.25, 0.3) is 10.9 Å². The van der Waals surface area contributed by atoms with Crippen molar-refractivity contribution in [1.82, 2.24) is 14.8 Å². The van der Waals surface area contributed by atoms with Crippen LogP contribution in [-0.4, -0.2) is 60.0 Å². The molecule has 1 saturated heterocycles. The first-order valence-electron chi connectivity index (χ1n) is 12.6. The van der Waals surface area contributed by atoms with Crippen molar-refractivity contribution in [2.45, 2.75) is 38.6 Å². The second-order valence-corrected chi connectivity index (χ2v) is 9.39. The first-order valence-corrected chi connectivity index (χ1v) is 12.6. The molecule has 0 aliphatic carbocycles. The lowest BCUT2D eigenvalue weighted by Gasteiger charge is -2.21. The molecule has 3 heterocycles. The van der Waals surface area contributed by atoms with Gasteiger partial charge in [-0.25, -0.2) is 0 Å². The molecule has 1 amide bonds. The summed E-state index contributed by atoms with van der Waals surface area (Å²) < 4.78 is 5.95. The fraction of sp³-hybridized carbons (Fsp3) is 0.429. The molecule has 1 aromatic heterocycles. The van der Waals surface area contributed by atoms with E-state index in [1.54, 1.807) is 0 Å². The van der Waals surface area contributed by atoms with Gasteiger partial charge in [0.05, 0.1) is 17.8 Å². The van der Waals surface area contributed by atoms with Gasteiger partial charge < -0.3 is 15.0 Å². The number of amides is 1. The van der Waals surface area contributed by atoms with Gasteiger partial charge in [-0.1, -0.05) is 30.3 Å². The number of nitrogens with one attached hydrogen (secondary N) is 1. The van der Waals surface area contributed by atoms with E-state index in [1.165, 1.54) is 17.4 Å². The van der Waals surface area contributed by atoms with Gasteiger partial charge in [0, 0.05) is 43.2 Å². The molecule has 34 heavy (non-hydrogen) atoms. The van der Waals surface area contributed by atoms with E-state index in [0.717, 1.165) is 81.2 Å². The Kier molecular flexibility index (Phi) is 7.37. The minimum Gasteiger partial charge on any atom is -0.494 e. The number of nitrogens with zero attached hydrogens (tertiary/aromatic N) is 3. The van der Waals surface area contributed by atoms with Crippen LogP contribution in [0.3, 0.4) is 0 Å². The van der Waals surface area contributed by atoms with Crippen molar-refractivity contribution in [3.8, 4) is 5.75 Å². The largest absolute Gasteiger partial charge is 0.494 e. The molecule has 6 nitrogen and oxygen atoms in total. The molecule has 6 heteroatoms. The smallest absolute Gasteiger partial charge is 0.224 e. The molecule has 1 N–H and O–H groups in total. The molecule has 0 spiro atoms. The molecule has 0 bridgehead atoms. The van der Waals surface area contributed by atoms with Gasteiger partial charge in [0.2, 0.25) is 5.91 Å². The highest BCUT2D eigenvalue weighted by atomic mass is 16.5. The second kappa shape index (κ2) is 11.0. The molecule has 0 unspecified atom stereocenters. The Balaban J connectivity index is 1.02. The van der Waals surface area contributed by atoms with Gasteiger partial charge in [0.25, 0.3) is 0 Å². The molecule has 0 radical (unpaired) electrons. The number of aryl methyl sites for hydroxylation is 1. The quantitative estimate of drug-likeness (QED) is 0.504. The predicted octanol–water partition coefficient (Wildman–Crippen LogP) is 4.49. The zero-order valence-corrected chi connectivity index (χ0v) is 19.8. The highest BCUT2D eigenvalue weighted by Crippen LogP contribution is 2.27. The SMILES string of the molecule is O=C1CCc2ccc(OCCCCN3CCCN(Cc4ccc5ccccc5n4)CC3)cc2N1. The summed E-state index contributed by atoms with van der Waals surface area (Å²) in [4.78, 5) is 21.6. The fourth-order valence-electron chi connectivity index (χ4n) is 4.90. The average Bonchev–Trinajstić information content (AvgIpc) is 3.08. The van der Waals surface area contributed by atoms with Gasteiger partial charge in [0.15, 0.2) is 0 Å². The van der Waals surface area contributed by atoms with Crippen LogP contribution in [0.2, 0.25) is 0 Å². The number of ether oxygens (including phenoxy) is 1. The Morgan fingerprint density at radius 1 is 0.912 bits per heavy atom. The maximum absolute atomic E-state index is 11.6. The first kappa shape index (κ1) is 22.8. The number of rotatable bonds is 8. The molecule has 2 aliphatic heterocycles. The lowest BCUT2D eigenvalue weighted by Crippen LogP contribution is -2.31. The Bertz CT molecular complexity index is 1130. The maximum atomic E-state index is 11.6. The first-order chi connectivity index (χ1) is 16.7. The molecule has 1 fully saturated rings. The molecule has 2 aromatic carbocycles. The molecule has 178 valence electrons. The van der Waals surface area contributed by atoms with Crippen LogP contribution >= 0.6 is 0 Å². The average molecular weight is 459 g/mol. The summed E-state index contributed by atoms with van der Waals surface area (Å²) in [6, 6.07) is 18.7. The Morgan fingerprint density at radius 2 is 1.79 bits per heavy atom. The van der Waals surface area contributed by atoms with Crippen LogP contribution in [0.1, 0.15) is 36.9 Å². The van der Waals surface area contributed by atoms with Crippen molar-refractivity contribution in [3.05, 3.63) is 65.9 Å². The van der Waals surface area contributed by atoms with E-state index < -0.39 is 0 Å². The van der Waals surface area contributed by atoms with Crippen LogP contribution < -0.4 is 10.1 Å². The molecule has 0 saturated carbocycles. The number of anilines is 1. The van der Waals surface area contributed by atoms with Crippen molar-refractivity contribution in [1.29, 1.82) is 0 Å². The number of fused-ring (bicyclic) bond motifs is 2. The third-order valence-corrected chi connectivity index (χ3v) is 6.84. The van der Waals surface area contributed by atoms with Gasteiger partial charge in [-0.15, -0.1) is 0 Å². The predicted molar refractivity (Wildman–Crippen MR) is 136 cm³/mol. The number of carbonyl (C=O) groups excluding carboxylic acids is 1. The van der Waals surface area contributed by atoms with Crippen molar-refractivity contribution in [2.24, 2.45) is 0 Å². The number of aromatic nitrogens is 1. The third kappa shape index (κ3) is 5.93. The number of hydrogen-bond acceptors (Lipinski definition) is 5. The second-order valence-electron chi connectivity index (χ2n) is 9.39. The number of para-hydroxylation sites is 1. The number of benzene rings is 2. The van der Waals surface area contributed by atoms with E-state index in [1.807, 2.05) is 12.1 Å². The number of pyridine rings is 1. The molecule has 3 aromatic rings. The topological polar surface area (TPSA) is 57.7 Å². The van der Waals surface area contributed by atoms with Gasteiger partial charge >= 0.3 is 0 Å². The summed E-state index contributed by atoms with van der Waals surface area (Å²) in [5.41, 5.74) is 4.34. The third-order valence-electron chi connectivity index (χ3n) is 6.84. The van der Waals surface area contributed by atoms with Crippen molar-refractivity contribution in [2.75, 3.05) is 44.6 Å². The van der Waals surface area contributed by atoms with Crippen LogP contribution in [0, 0.1) is 0 Å². The summed E-state index contributed by atoms with van der Waals surface area (Å²) in [7, 11) is 0. The normalized spacial score (nSPS) is 17.2. The Labute approximate surface area is 201 Å². The summed E-state index contributed by atoms with van der Waals surface area (Å²) in [6.07, 6.45) is 4.75. The maximum Gasteiger partial charge on any atom is 0.224 e. The van der Waals surface area contributed by atoms with Crippen LogP contribution in [-0.2, 0) is 17.8 Å². The standard InChI is InChI=1S/C28H34N4O2/c33-28-13-10-23-9-12-25(20-27(23)30-28)34-19-4-3-14-31-15-5-16-32(18-17-31)21-24-11-8-22-6-1-2-7-26(22)29-24/h1-2,6-9,11-12,20H,3-5,10,13-19,21H2,(H,30,33). The van der Waals surface area contributed by atoms with Crippen molar-refractivity contribution in [3.63, 3.8) is 0 Å². The highest BCUT2D eigenvalue weighted by Gasteiger charge is 2.16. The molecule has 5 rings (SSSR count). The summed E-state index contributed by atoms with van der Waals surface area (Å²) in [5.74, 6) is 0.933. The number of unbranched alkanes of at least 4 members (excludes halogenated alkanes) is 1. The van der Waals surface area contributed by atoms with Crippen LogP contribution in [0.15, 0.2) is 54.6 Å². The Hall–Kier alpha value is -2.96. The van der Waals surface area contributed by atoms with Gasteiger partial charge in [-0.2, -0.15) is 0 Å². The zero-order chi connectivity index (χ0) is 23.2. The number of carbonyl (C=O) groups is 1. The number of hydrogen-bond donors (Lipinski definition) is 1. The zero-order valence-electron chi connectivity index (χ0n) is 19.8. The highest BCUT2D eigenvalue weighted by molar-refractivity contribution is 5.94. The van der Waals surface area contributed by atoms with E-state index in [-0.39, 0.29) is 5.91 Å². The van der Waals surface area contributed by atoms with Crippen LogP contribution in [0.4, 0.5) is 5.69 Å². The van der Waals surface area contributed by atoms with E-state index in [4.69, 9.17) is 9.72 Å². The fourth-order valence-corrected chi connectivity index (χ4v) is 4.90. The summed E-state index contributed by atoms with van der Waals surface area (Å²) in [6.45, 7) is 7.24. The molecular weight excluding hydrogens is 424 g/mol. The summed E-state index contributed by atoms with van der Waals surface area (Å²) >= 11 is 0. The Morgan fingerprint density at radius 3 is 2.76 bits per heavy atom. The monoisotopic (exact) mass is 458 g/mol. The molecule has 0 atom stereocenters.